The highest BCUT2D eigenvalue weighted by Gasteiger charge is 2.16. The Morgan fingerprint density at radius 3 is 2.17 bits per heavy atom. The molecule has 2 aromatic rings. The van der Waals surface area contributed by atoms with Crippen LogP contribution in [0.2, 0.25) is 0 Å². The minimum Gasteiger partial charge on any atom is -0.324 e. The highest BCUT2D eigenvalue weighted by Crippen LogP contribution is 2.19. The predicted octanol–water partition coefficient (Wildman–Crippen LogP) is 3.24. The standard InChI is InChI=1S/C19H22N2O2/c1-19(2,3)20-13-17(22)21-16-12-8-7-11-15(16)18(23)14-9-5-4-6-10-14/h4-12,20H,13H2,1-3H3,(H,21,22). The van der Waals surface area contributed by atoms with Crippen LogP contribution in [0.25, 0.3) is 0 Å². The van der Waals surface area contributed by atoms with Gasteiger partial charge in [0, 0.05) is 16.7 Å². The number of nitrogens with one attached hydrogen (secondary N) is 2. The summed E-state index contributed by atoms with van der Waals surface area (Å²) in [6.45, 7) is 6.17. The summed E-state index contributed by atoms with van der Waals surface area (Å²) in [5.74, 6) is -0.279. The van der Waals surface area contributed by atoms with Crippen molar-refractivity contribution in [2.75, 3.05) is 11.9 Å². The molecular weight excluding hydrogens is 288 g/mol. The zero-order valence-corrected chi connectivity index (χ0v) is 13.7. The van der Waals surface area contributed by atoms with Crippen LogP contribution in [0, 0.1) is 0 Å². The fraction of sp³-hybridized carbons (Fsp3) is 0.263. The molecule has 23 heavy (non-hydrogen) atoms. The molecule has 4 nitrogen and oxygen atoms in total. The lowest BCUT2D eigenvalue weighted by Gasteiger charge is -2.20. The van der Waals surface area contributed by atoms with Gasteiger partial charge in [-0.25, -0.2) is 0 Å². The first-order valence-electron chi connectivity index (χ1n) is 7.60. The molecule has 0 fully saturated rings. The van der Waals surface area contributed by atoms with Crippen molar-refractivity contribution in [3.05, 3.63) is 65.7 Å². The molecule has 2 N–H and O–H groups in total. The van der Waals surface area contributed by atoms with Crippen LogP contribution in [-0.2, 0) is 4.79 Å². The zero-order valence-electron chi connectivity index (χ0n) is 13.7. The lowest BCUT2D eigenvalue weighted by Crippen LogP contribution is -2.41. The van der Waals surface area contributed by atoms with Crippen LogP contribution in [0.15, 0.2) is 54.6 Å². The van der Waals surface area contributed by atoms with Gasteiger partial charge in [-0.15, -0.1) is 0 Å². The molecule has 0 atom stereocenters. The van der Waals surface area contributed by atoms with Crippen LogP contribution in [0.1, 0.15) is 36.7 Å². The van der Waals surface area contributed by atoms with Crippen LogP contribution in [0.3, 0.4) is 0 Å². The molecule has 0 spiro atoms. The molecule has 1 amide bonds. The van der Waals surface area contributed by atoms with Crippen molar-refractivity contribution in [3.8, 4) is 0 Å². The lowest BCUT2D eigenvalue weighted by atomic mass is 10.0. The summed E-state index contributed by atoms with van der Waals surface area (Å²) in [7, 11) is 0. The number of carbonyl (C=O) groups excluding carboxylic acids is 2. The molecule has 0 saturated carbocycles. The molecule has 0 aliphatic heterocycles. The van der Waals surface area contributed by atoms with E-state index in [1.165, 1.54) is 0 Å². The van der Waals surface area contributed by atoms with Gasteiger partial charge in [0.25, 0.3) is 0 Å². The predicted molar refractivity (Wildman–Crippen MR) is 92.7 cm³/mol. The van der Waals surface area contributed by atoms with Gasteiger partial charge in [0.1, 0.15) is 0 Å². The van der Waals surface area contributed by atoms with Gasteiger partial charge in [-0.1, -0.05) is 42.5 Å². The minimum absolute atomic E-state index is 0.106. The third-order valence-electron chi connectivity index (χ3n) is 3.26. The number of para-hydroxylation sites is 1. The minimum atomic E-state index is -0.173. The van der Waals surface area contributed by atoms with Crippen molar-refractivity contribution in [2.45, 2.75) is 26.3 Å². The first kappa shape index (κ1) is 16.9. The lowest BCUT2D eigenvalue weighted by molar-refractivity contribution is -0.115. The van der Waals surface area contributed by atoms with E-state index in [2.05, 4.69) is 10.6 Å². The Labute approximate surface area is 136 Å². The summed E-state index contributed by atoms with van der Waals surface area (Å²) < 4.78 is 0. The number of amides is 1. The zero-order chi connectivity index (χ0) is 16.9. The van der Waals surface area contributed by atoms with E-state index in [1.54, 1.807) is 36.4 Å². The Morgan fingerprint density at radius 1 is 0.913 bits per heavy atom. The molecular formula is C19H22N2O2. The van der Waals surface area contributed by atoms with Crippen molar-refractivity contribution >= 4 is 17.4 Å². The van der Waals surface area contributed by atoms with Crippen molar-refractivity contribution in [1.82, 2.24) is 5.32 Å². The molecule has 0 saturated heterocycles. The van der Waals surface area contributed by atoms with E-state index in [1.807, 2.05) is 39.0 Å². The fourth-order valence-electron chi connectivity index (χ4n) is 2.07. The van der Waals surface area contributed by atoms with Gasteiger partial charge < -0.3 is 10.6 Å². The maximum absolute atomic E-state index is 12.6. The van der Waals surface area contributed by atoms with Crippen LogP contribution in [-0.4, -0.2) is 23.8 Å². The van der Waals surface area contributed by atoms with Crippen LogP contribution < -0.4 is 10.6 Å². The third kappa shape index (κ3) is 5.04. The van der Waals surface area contributed by atoms with Gasteiger partial charge in [0.05, 0.1) is 12.2 Å². The number of hydrogen-bond donors (Lipinski definition) is 2. The average Bonchev–Trinajstić information content (AvgIpc) is 2.53. The quantitative estimate of drug-likeness (QED) is 0.834. The molecule has 4 heteroatoms. The van der Waals surface area contributed by atoms with E-state index < -0.39 is 0 Å². The molecule has 2 rings (SSSR count). The van der Waals surface area contributed by atoms with Crippen molar-refractivity contribution in [3.63, 3.8) is 0 Å². The van der Waals surface area contributed by atoms with E-state index in [4.69, 9.17) is 0 Å². The normalized spacial score (nSPS) is 11.1. The summed E-state index contributed by atoms with van der Waals surface area (Å²) in [5, 5.41) is 5.94. The average molecular weight is 310 g/mol. The maximum atomic E-state index is 12.6. The monoisotopic (exact) mass is 310 g/mol. The van der Waals surface area contributed by atoms with Crippen molar-refractivity contribution < 1.29 is 9.59 Å². The number of rotatable bonds is 5. The van der Waals surface area contributed by atoms with E-state index in [0.717, 1.165) is 0 Å². The summed E-state index contributed by atoms with van der Waals surface area (Å²) >= 11 is 0. The Balaban J connectivity index is 2.15. The van der Waals surface area contributed by atoms with Gasteiger partial charge >= 0.3 is 0 Å². The fourth-order valence-corrected chi connectivity index (χ4v) is 2.07. The molecule has 120 valence electrons. The van der Waals surface area contributed by atoms with E-state index in [0.29, 0.717) is 16.8 Å². The SMILES string of the molecule is CC(C)(C)NCC(=O)Nc1ccccc1C(=O)c1ccccc1. The van der Waals surface area contributed by atoms with Gasteiger partial charge in [-0.05, 0) is 32.9 Å². The third-order valence-corrected chi connectivity index (χ3v) is 3.26. The highest BCUT2D eigenvalue weighted by molar-refractivity contribution is 6.13. The highest BCUT2D eigenvalue weighted by atomic mass is 16.2. The second-order valence-electron chi connectivity index (χ2n) is 6.39. The first-order valence-corrected chi connectivity index (χ1v) is 7.60. The van der Waals surface area contributed by atoms with Gasteiger partial charge in [-0.3, -0.25) is 9.59 Å². The second kappa shape index (κ2) is 7.20. The molecule has 0 aliphatic rings. The van der Waals surface area contributed by atoms with E-state index in [-0.39, 0.29) is 23.8 Å². The number of hydrogen-bond acceptors (Lipinski definition) is 3. The Morgan fingerprint density at radius 2 is 1.52 bits per heavy atom. The summed E-state index contributed by atoms with van der Waals surface area (Å²) in [5.41, 5.74) is 1.48. The molecule has 0 bridgehead atoms. The van der Waals surface area contributed by atoms with E-state index >= 15 is 0 Å². The summed E-state index contributed by atoms with van der Waals surface area (Å²) in [6, 6.07) is 16.1. The molecule has 0 heterocycles. The molecule has 0 radical (unpaired) electrons. The molecule has 0 unspecified atom stereocenters. The first-order chi connectivity index (χ1) is 10.9. The second-order valence-corrected chi connectivity index (χ2v) is 6.39. The summed E-state index contributed by atoms with van der Waals surface area (Å²) in [6.07, 6.45) is 0. The van der Waals surface area contributed by atoms with Crippen molar-refractivity contribution in [2.24, 2.45) is 0 Å². The van der Waals surface area contributed by atoms with Crippen LogP contribution in [0.4, 0.5) is 5.69 Å². The van der Waals surface area contributed by atoms with Crippen molar-refractivity contribution in [1.29, 1.82) is 0 Å². The number of carbonyl (C=O) groups is 2. The van der Waals surface area contributed by atoms with Crippen LogP contribution >= 0.6 is 0 Å². The Bertz CT molecular complexity index is 688. The van der Waals surface area contributed by atoms with Crippen LogP contribution in [0.5, 0.6) is 0 Å². The molecule has 2 aromatic carbocycles. The van der Waals surface area contributed by atoms with Gasteiger partial charge in [0.2, 0.25) is 5.91 Å². The number of benzene rings is 2. The summed E-state index contributed by atoms with van der Waals surface area (Å²) in [4.78, 5) is 24.7. The van der Waals surface area contributed by atoms with E-state index in [9.17, 15) is 9.59 Å². The maximum Gasteiger partial charge on any atom is 0.238 e. The molecule has 0 aliphatic carbocycles. The topological polar surface area (TPSA) is 58.2 Å². The number of anilines is 1. The van der Waals surface area contributed by atoms with Gasteiger partial charge in [0.15, 0.2) is 5.78 Å². The smallest absolute Gasteiger partial charge is 0.238 e. The largest absolute Gasteiger partial charge is 0.324 e. The molecule has 0 aromatic heterocycles. The number of ketones is 1. The Hall–Kier alpha value is -2.46. The van der Waals surface area contributed by atoms with Gasteiger partial charge in [-0.2, -0.15) is 0 Å². The Kier molecular flexibility index (Phi) is 5.29.